The van der Waals surface area contributed by atoms with Gasteiger partial charge >= 0.3 is 0 Å². The summed E-state index contributed by atoms with van der Waals surface area (Å²) in [5.41, 5.74) is 4.39. The highest BCUT2D eigenvalue weighted by Crippen LogP contribution is 2.35. The Labute approximate surface area is 128 Å². The number of hydrogen-bond donors (Lipinski definition) is 1. The molecule has 1 aromatic rings. The fraction of sp³-hybridized carbons (Fsp3) is 0.667. The maximum absolute atomic E-state index is 9.13. The fourth-order valence-electron chi connectivity index (χ4n) is 4.11. The molecule has 21 heavy (non-hydrogen) atoms. The second kappa shape index (κ2) is 5.98. The van der Waals surface area contributed by atoms with Crippen molar-refractivity contribution in [2.24, 2.45) is 0 Å². The molecule has 0 amide bonds. The molecular weight excluding hydrogens is 260 g/mol. The number of piperazine rings is 1. The average Bonchev–Trinajstić information content (AvgIpc) is 3.06. The minimum Gasteiger partial charge on any atom is -0.395 e. The Kier molecular flexibility index (Phi) is 4.23. The lowest BCUT2D eigenvalue weighted by Gasteiger charge is -2.35. The third-order valence-electron chi connectivity index (χ3n) is 5.20. The number of likely N-dealkylation sites (tertiary alicyclic amines) is 1. The quantitative estimate of drug-likeness (QED) is 0.902. The van der Waals surface area contributed by atoms with Crippen molar-refractivity contribution in [3.8, 4) is 0 Å². The lowest BCUT2D eigenvalue weighted by molar-refractivity contribution is 0.177. The van der Waals surface area contributed by atoms with Gasteiger partial charge in [-0.05, 0) is 42.0 Å². The summed E-state index contributed by atoms with van der Waals surface area (Å²) in [4.78, 5) is 5.03. The number of aliphatic hydroxyl groups excluding tert-OH is 1. The van der Waals surface area contributed by atoms with Crippen LogP contribution in [0.25, 0.3) is 0 Å². The summed E-state index contributed by atoms with van der Waals surface area (Å²) < 4.78 is 0. The van der Waals surface area contributed by atoms with E-state index in [4.69, 9.17) is 5.11 Å². The number of nitrogens with zero attached hydrogens (tertiary/aromatic N) is 2. The van der Waals surface area contributed by atoms with Crippen molar-refractivity contribution in [1.82, 2.24) is 4.90 Å². The van der Waals surface area contributed by atoms with Crippen LogP contribution in [0.5, 0.6) is 0 Å². The molecule has 0 saturated carbocycles. The zero-order valence-electron chi connectivity index (χ0n) is 13.5. The van der Waals surface area contributed by atoms with E-state index < -0.39 is 0 Å². The molecule has 1 N–H and O–H groups in total. The summed E-state index contributed by atoms with van der Waals surface area (Å²) in [6.07, 6.45) is 2.37. The van der Waals surface area contributed by atoms with Gasteiger partial charge in [0.15, 0.2) is 0 Å². The predicted octanol–water partition coefficient (Wildman–Crippen LogP) is 2.63. The molecule has 2 fully saturated rings. The van der Waals surface area contributed by atoms with Crippen molar-refractivity contribution in [3.05, 3.63) is 29.3 Å². The van der Waals surface area contributed by atoms with Crippen molar-refractivity contribution in [2.45, 2.75) is 51.6 Å². The van der Waals surface area contributed by atoms with Crippen LogP contribution in [0.2, 0.25) is 0 Å². The Hall–Kier alpha value is -1.06. The number of aryl methyl sites for hydroxylation is 1. The monoisotopic (exact) mass is 288 g/mol. The van der Waals surface area contributed by atoms with Gasteiger partial charge in [0.2, 0.25) is 0 Å². The number of benzene rings is 1. The van der Waals surface area contributed by atoms with Gasteiger partial charge in [-0.15, -0.1) is 0 Å². The maximum atomic E-state index is 9.13. The van der Waals surface area contributed by atoms with E-state index in [1.165, 1.54) is 23.2 Å². The van der Waals surface area contributed by atoms with Crippen molar-refractivity contribution in [3.63, 3.8) is 0 Å². The Balaban J connectivity index is 1.78. The van der Waals surface area contributed by atoms with E-state index in [1.807, 2.05) is 0 Å². The molecule has 2 unspecified atom stereocenters. The highest BCUT2D eigenvalue weighted by Gasteiger charge is 2.42. The van der Waals surface area contributed by atoms with Crippen LogP contribution >= 0.6 is 0 Å². The molecule has 2 bridgehead atoms. The van der Waals surface area contributed by atoms with E-state index in [0.717, 1.165) is 26.1 Å². The van der Waals surface area contributed by atoms with Crippen LogP contribution in [0.3, 0.4) is 0 Å². The largest absolute Gasteiger partial charge is 0.395 e. The van der Waals surface area contributed by atoms with E-state index >= 15 is 0 Å². The normalized spacial score (nSPS) is 25.3. The third kappa shape index (κ3) is 2.69. The summed E-state index contributed by atoms with van der Waals surface area (Å²) in [5, 5.41) is 9.13. The minimum atomic E-state index is 0.284. The first-order chi connectivity index (χ1) is 10.1. The molecule has 2 saturated heterocycles. The Morgan fingerprint density at radius 1 is 1.24 bits per heavy atom. The first-order valence-electron chi connectivity index (χ1n) is 8.38. The Morgan fingerprint density at radius 2 is 2.05 bits per heavy atom. The molecule has 3 rings (SSSR count). The van der Waals surface area contributed by atoms with Crippen molar-refractivity contribution < 1.29 is 5.11 Å². The third-order valence-corrected chi connectivity index (χ3v) is 5.20. The van der Waals surface area contributed by atoms with Crippen LogP contribution in [-0.4, -0.2) is 48.3 Å². The molecule has 0 aliphatic carbocycles. The summed E-state index contributed by atoms with van der Waals surface area (Å²) in [7, 11) is 0. The summed E-state index contributed by atoms with van der Waals surface area (Å²) in [6, 6.07) is 8.32. The van der Waals surface area contributed by atoms with Gasteiger partial charge < -0.3 is 10.0 Å². The zero-order chi connectivity index (χ0) is 15.0. The van der Waals surface area contributed by atoms with Gasteiger partial charge in [-0.3, -0.25) is 4.90 Å². The van der Waals surface area contributed by atoms with E-state index in [9.17, 15) is 0 Å². The average molecular weight is 288 g/mol. The molecule has 0 aromatic heterocycles. The number of anilines is 1. The lowest BCUT2D eigenvalue weighted by atomic mass is 9.95. The van der Waals surface area contributed by atoms with Crippen LogP contribution in [-0.2, 0) is 6.42 Å². The highest BCUT2D eigenvalue weighted by molar-refractivity contribution is 5.54. The molecule has 1 aromatic carbocycles. The Bertz CT molecular complexity index is 500. The molecular formula is C18H28N2O. The van der Waals surface area contributed by atoms with Crippen LogP contribution in [0.15, 0.2) is 18.2 Å². The van der Waals surface area contributed by atoms with Gasteiger partial charge in [0, 0.05) is 37.4 Å². The molecule has 2 atom stereocenters. The summed E-state index contributed by atoms with van der Waals surface area (Å²) in [6.45, 7) is 10.2. The van der Waals surface area contributed by atoms with Crippen LogP contribution < -0.4 is 4.90 Å². The van der Waals surface area contributed by atoms with Gasteiger partial charge in [-0.1, -0.05) is 26.8 Å². The van der Waals surface area contributed by atoms with Crippen molar-refractivity contribution >= 4 is 5.69 Å². The van der Waals surface area contributed by atoms with E-state index in [2.05, 4.69) is 48.8 Å². The van der Waals surface area contributed by atoms with Crippen LogP contribution in [0, 0.1) is 0 Å². The molecule has 3 heteroatoms. The molecule has 3 nitrogen and oxygen atoms in total. The number of fused-ring (bicyclic) bond motifs is 2. The highest BCUT2D eigenvalue weighted by atomic mass is 16.3. The molecule has 2 heterocycles. The fourth-order valence-corrected chi connectivity index (χ4v) is 4.11. The van der Waals surface area contributed by atoms with Crippen LogP contribution in [0.1, 0.15) is 44.2 Å². The second-order valence-corrected chi connectivity index (χ2v) is 6.81. The first-order valence-corrected chi connectivity index (χ1v) is 8.38. The van der Waals surface area contributed by atoms with E-state index in [1.54, 1.807) is 0 Å². The van der Waals surface area contributed by atoms with Crippen molar-refractivity contribution in [2.75, 3.05) is 31.1 Å². The number of aliphatic hydroxyl groups is 1. The summed E-state index contributed by atoms with van der Waals surface area (Å²) in [5.74, 6) is 0.601. The molecule has 116 valence electrons. The number of rotatable bonds is 5. The van der Waals surface area contributed by atoms with Gasteiger partial charge in [0.25, 0.3) is 0 Å². The van der Waals surface area contributed by atoms with Crippen molar-refractivity contribution in [1.29, 1.82) is 0 Å². The number of β-amino-alcohol motifs (C(OH)–C–C–N with tert-alkyl or cyclic N) is 1. The second-order valence-electron chi connectivity index (χ2n) is 6.81. The van der Waals surface area contributed by atoms with Gasteiger partial charge in [0.1, 0.15) is 0 Å². The Morgan fingerprint density at radius 3 is 2.62 bits per heavy atom. The number of hydrogen-bond acceptors (Lipinski definition) is 3. The zero-order valence-corrected chi connectivity index (χ0v) is 13.5. The van der Waals surface area contributed by atoms with Crippen LogP contribution in [0.4, 0.5) is 5.69 Å². The first kappa shape index (κ1) is 14.9. The topological polar surface area (TPSA) is 26.7 Å². The van der Waals surface area contributed by atoms with E-state index in [-0.39, 0.29) is 6.61 Å². The SMILES string of the molecule is CCc1cc(N2CC3CC2CN3CCO)ccc1C(C)C. The van der Waals surface area contributed by atoms with Gasteiger partial charge in [-0.25, -0.2) is 0 Å². The molecule has 0 radical (unpaired) electrons. The minimum absolute atomic E-state index is 0.284. The van der Waals surface area contributed by atoms with E-state index in [0.29, 0.717) is 18.0 Å². The molecule has 2 aliphatic heterocycles. The lowest BCUT2D eigenvalue weighted by Crippen LogP contribution is -2.47. The molecule has 0 spiro atoms. The smallest absolute Gasteiger partial charge is 0.0558 e. The maximum Gasteiger partial charge on any atom is 0.0558 e. The standard InChI is InChI=1S/C18H28N2O/c1-4-14-9-15(5-6-18(14)13(2)3)20-12-16-10-17(20)11-19(16)7-8-21/h5-6,9,13,16-17,21H,4,7-8,10-12H2,1-3H3. The molecule has 2 aliphatic rings. The predicted molar refractivity (Wildman–Crippen MR) is 88.1 cm³/mol. The van der Waals surface area contributed by atoms with Gasteiger partial charge in [0.05, 0.1) is 6.61 Å². The van der Waals surface area contributed by atoms with Gasteiger partial charge in [-0.2, -0.15) is 0 Å². The summed E-state index contributed by atoms with van der Waals surface area (Å²) >= 11 is 0.